The topological polar surface area (TPSA) is 83.6 Å². The van der Waals surface area contributed by atoms with Gasteiger partial charge in [0.2, 0.25) is 0 Å². The van der Waals surface area contributed by atoms with Gasteiger partial charge in [0.25, 0.3) is 11.8 Å². The van der Waals surface area contributed by atoms with Gasteiger partial charge in [-0.25, -0.2) is 4.98 Å². The first-order chi connectivity index (χ1) is 15.5. The van der Waals surface area contributed by atoms with E-state index in [0.717, 1.165) is 5.69 Å². The van der Waals surface area contributed by atoms with E-state index in [1.54, 1.807) is 53.6 Å². The summed E-state index contributed by atoms with van der Waals surface area (Å²) in [6.45, 7) is 2.32. The maximum Gasteiger partial charge on any atom is 0.258 e. The smallest absolute Gasteiger partial charge is 0.258 e. The first-order valence-electron chi connectivity index (χ1n) is 9.97. The fourth-order valence-electron chi connectivity index (χ4n) is 3.28. The maximum atomic E-state index is 12.6. The molecule has 0 spiro atoms. The predicted octanol–water partition coefficient (Wildman–Crippen LogP) is 4.86. The van der Waals surface area contributed by atoms with Crippen molar-refractivity contribution >= 4 is 52.2 Å². The van der Waals surface area contributed by atoms with Gasteiger partial charge < -0.3 is 20.3 Å². The molecule has 1 saturated heterocycles. The summed E-state index contributed by atoms with van der Waals surface area (Å²) in [5, 5.41) is 6.49. The maximum absolute atomic E-state index is 12.6. The van der Waals surface area contributed by atoms with E-state index < -0.39 is 5.91 Å². The number of hydrogen-bond acceptors (Lipinski definition) is 5. The predicted molar refractivity (Wildman–Crippen MR) is 125 cm³/mol. The molecular formula is C23H20Cl2N4O3. The molecule has 1 aromatic heterocycles. The summed E-state index contributed by atoms with van der Waals surface area (Å²) in [5.74, 6) is 0.102. The van der Waals surface area contributed by atoms with E-state index in [1.165, 1.54) is 0 Å². The number of carbonyl (C=O) groups excluding carboxylic acids is 2. The highest BCUT2D eigenvalue weighted by molar-refractivity contribution is 6.40. The standard InChI is InChI=1S/C23H20Cl2N4O3/c24-18-2-1-3-19(25)21(18)22(30)28-17-8-9-26-20(14-17)27-16-6-4-15(5-7-16)23(31)29-10-12-32-13-11-29/h1-9,14H,10-13H2,(H2,26,27,28,30). The van der Waals surface area contributed by atoms with Gasteiger partial charge in [0.15, 0.2) is 0 Å². The van der Waals surface area contributed by atoms with Crippen LogP contribution in [0.1, 0.15) is 20.7 Å². The molecule has 1 aliphatic rings. The molecule has 9 heteroatoms. The molecule has 2 aromatic carbocycles. The number of halogens is 2. The number of rotatable bonds is 5. The molecule has 3 aromatic rings. The Morgan fingerprint density at radius 2 is 1.62 bits per heavy atom. The number of morpholine rings is 1. The van der Waals surface area contributed by atoms with E-state index in [9.17, 15) is 9.59 Å². The molecule has 0 unspecified atom stereocenters. The molecule has 0 atom stereocenters. The number of pyridine rings is 1. The third kappa shape index (κ3) is 5.19. The van der Waals surface area contributed by atoms with Gasteiger partial charge >= 0.3 is 0 Å². The molecule has 0 radical (unpaired) electrons. The van der Waals surface area contributed by atoms with Crippen LogP contribution in [0.25, 0.3) is 0 Å². The summed E-state index contributed by atoms with van der Waals surface area (Å²) >= 11 is 12.2. The van der Waals surface area contributed by atoms with Crippen LogP contribution >= 0.6 is 23.2 Å². The zero-order valence-electron chi connectivity index (χ0n) is 17.0. The molecule has 2 amide bonds. The lowest BCUT2D eigenvalue weighted by Gasteiger charge is -2.26. The van der Waals surface area contributed by atoms with Crippen LogP contribution in [0.4, 0.5) is 17.2 Å². The Bertz CT molecular complexity index is 1110. The summed E-state index contributed by atoms with van der Waals surface area (Å²) in [6, 6.07) is 15.4. The van der Waals surface area contributed by atoms with Crippen molar-refractivity contribution < 1.29 is 14.3 Å². The number of hydrogen-bond donors (Lipinski definition) is 2. The summed E-state index contributed by atoms with van der Waals surface area (Å²) in [6.07, 6.45) is 1.57. The molecule has 0 bridgehead atoms. The summed E-state index contributed by atoms with van der Waals surface area (Å²) in [4.78, 5) is 31.2. The van der Waals surface area contributed by atoms with Gasteiger partial charge in [0.05, 0.1) is 28.8 Å². The Labute approximate surface area is 195 Å². The third-order valence-electron chi connectivity index (χ3n) is 4.91. The molecule has 2 N–H and O–H groups in total. The van der Waals surface area contributed by atoms with Crippen LogP contribution in [0.5, 0.6) is 0 Å². The molecule has 7 nitrogen and oxygen atoms in total. The minimum Gasteiger partial charge on any atom is -0.378 e. The Kier molecular flexibility index (Phi) is 6.90. The highest BCUT2D eigenvalue weighted by Gasteiger charge is 2.18. The molecule has 164 valence electrons. The quantitative estimate of drug-likeness (QED) is 0.556. The molecule has 32 heavy (non-hydrogen) atoms. The van der Waals surface area contributed by atoms with Gasteiger partial charge in [0, 0.05) is 42.3 Å². The average Bonchev–Trinajstić information content (AvgIpc) is 2.80. The number of amides is 2. The number of benzene rings is 2. The van der Waals surface area contributed by atoms with E-state index >= 15 is 0 Å². The van der Waals surface area contributed by atoms with Crippen LogP contribution in [0.2, 0.25) is 10.0 Å². The van der Waals surface area contributed by atoms with E-state index in [4.69, 9.17) is 27.9 Å². The van der Waals surface area contributed by atoms with Crippen LogP contribution in [0.3, 0.4) is 0 Å². The number of nitrogens with one attached hydrogen (secondary N) is 2. The van der Waals surface area contributed by atoms with Crippen molar-refractivity contribution in [3.05, 3.63) is 82.0 Å². The van der Waals surface area contributed by atoms with Crippen LogP contribution in [-0.2, 0) is 4.74 Å². The van der Waals surface area contributed by atoms with Crippen molar-refractivity contribution in [2.45, 2.75) is 0 Å². The molecular weight excluding hydrogens is 451 g/mol. The molecule has 0 saturated carbocycles. The van der Waals surface area contributed by atoms with Gasteiger partial charge in [0.1, 0.15) is 5.82 Å². The van der Waals surface area contributed by atoms with Gasteiger partial charge in [-0.15, -0.1) is 0 Å². The average molecular weight is 471 g/mol. The number of carbonyl (C=O) groups is 2. The highest BCUT2D eigenvalue weighted by atomic mass is 35.5. The minimum atomic E-state index is -0.413. The van der Waals surface area contributed by atoms with Crippen molar-refractivity contribution in [3.8, 4) is 0 Å². The second-order valence-electron chi connectivity index (χ2n) is 7.09. The van der Waals surface area contributed by atoms with Crippen LogP contribution < -0.4 is 10.6 Å². The normalized spacial score (nSPS) is 13.5. The van der Waals surface area contributed by atoms with Crippen molar-refractivity contribution in [1.82, 2.24) is 9.88 Å². The lowest BCUT2D eigenvalue weighted by molar-refractivity contribution is 0.0303. The van der Waals surface area contributed by atoms with E-state index in [2.05, 4.69) is 15.6 Å². The zero-order chi connectivity index (χ0) is 22.5. The Morgan fingerprint density at radius 1 is 0.938 bits per heavy atom. The molecule has 4 rings (SSSR count). The largest absolute Gasteiger partial charge is 0.378 e. The third-order valence-corrected chi connectivity index (χ3v) is 5.54. The van der Waals surface area contributed by atoms with Crippen LogP contribution in [0.15, 0.2) is 60.8 Å². The second-order valence-corrected chi connectivity index (χ2v) is 7.90. The SMILES string of the molecule is O=C(Nc1ccnc(Nc2ccc(C(=O)N3CCOCC3)cc2)c1)c1c(Cl)cccc1Cl. The summed E-state index contributed by atoms with van der Waals surface area (Å²) in [7, 11) is 0. The van der Waals surface area contributed by atoms with Crippen molar-refractivity contribution in [2.24, 2.45) is 0 Å². The zero-order valence-corrected chi connectivity index (χ0v) is 18.5. The first kappa shape index (κ1) is 22.1. The monoisotopic (exact) mass is 470 g/mol. The highest BCUT2D eigenvalue weighted by Crippen LogP contribution is 2.26. The lowest BCUT2D eigenvalue weighted by atomic mass is 10.1. The molecule has 1 aliphatic heterocycles. The van der Waals surface area contributed by atoms with Crippen molar-refractivity contribution in [3.63, 3.8) is 0 Å². The van der Waals surface area contributed by atoms with Gasteiger partial charge in [-0.3, -0.25) is 9.59 Å². The molecule has 1 fully saturated rings. The van der Waals surface area contributed by atoms with E-state index in [1.807, 2.05) is 12.1 Å². The number of aromatic nitrogens is 1. The van der Waals surface area contributed by atoms with Crippen LogP contribution in [0, 0.1) is 0 Å². The Morgan fingerprint density at radius 3 is 2.31 bits per heavy atom. The Balaban J connectivity index is 1.42. The Hall–Kier alpha value is -3.13. The minimum absolute atomic E-state index is 0.0130. The van der Waals surface area contributed by atoms with Crippen molar-refractivity contribution in [2.75, 3.05) is 36.9 Å². The molecule has 2 heterocycles. The fraction of sp³-hybridized carbons (Fsp3) is 0.174. The van der Waals surface area contributed by atoms with Gasteiger partial charge in [-0.1, -0.05) is 29.3 Å². The summed E-state index contributed by atoms with van der Waals surface area (Å²) in [5.41, 5.74) is 2.11. The van der Waals surface area contributed by atoms with Gasteiger partial charge in [-0.2, -0.15) is 0 Å². The van der Waals surface area contributed by atoms with Crippen LogP contribution in [-0.4, -0.2) is 48.0 Å². The second kappa shape index (κ2) is 9.99. The summed E-state index contributed by atoms with van der Waals surface area (Å²) < 4.78 is 5.29. The van der Waals surface area contributed by atoms with E-state index in [-0.39, 0.29) is 21.5 Å². The fourth-order valence-corrected chi connectivity index (χ4v) is 3.85. The van der Waals surface area contributed by atoms with Gasteiger partial charge in [-0.05, 0) is 42.5 Å². The van der Waals surface area contributed by atoms with E-state index in [0.29, 0.717) is 43.4 Å². The lowest BCUT2D eigenvalue weighted by Crippen LogP contribution is -2.40. The number of nitrogens with zero attached hydrogens (tertiary/aromatic N) is 2. The number of ether oxygens (including phenoxy) is 1. The molecule has 0 aliphatic carbocycles. The van der Waals surface area contributed by atoms with Crippen molar-refractivity contribution in [1.29, 1.82) is 0 Å². The first-order valence-corrected chi connectivity index (χ1v) is 10.7. The number of anilines is 3.